The molecule has 3 heteroatoms. The van der Waals surface area contributed by atoms with Crippen LogP contribution in [-0.4, -0.2) is 10.2 Å². The Bertz CT molecular complexity index is 399. The fourth-order valence-electron chi connectivity index (χ4n) is 2.51. The average molecular weight is 236 g/mol. The van der Waals surface area contributed by atoms with E-state index in [1.54, 1.807) is 0 Å². The van der Waals surface area contributed by atoms with Gasteiger partial charge in [-0.2, -0.15) is 0 Å². The van der Waals surface area contributed by atoms with Gasteiger partial charge in [0, 0.05) is 0 Å². The lowest BCUT2D eigenvalue weighted by Crippen LogP contribution is -2.04. The van der Waals surface area contributed by atoms with Crippen molar-refractivity contribution in [1.82, 2.24) is 0 Å². The predicted octanol–water partition coefficient (Wildman–Crippen LogP) is 2.04. The smallest absolute Gasteiger partial charge is 0.0728 e. The molecule has 3 nitrogen and oxygen atoms in total. The summed E-state index contributed by atoms with van der Waals surface area (Å²) in [6, 6.07) is 1.93. The monoisotopic (exact) mass is 236 g/mol. The van der Waals surface area contributed by atoms with Crippen LogP contribution in [0.15, 0.2) is 6.07 Å². The molecule has 0 bridgehead atoms. The lowest BCUT2D eigenvalue weighted by molar-refractivity contribution is 0.133. The van der Waals surface area contributed by atoms with Crippen LogP contribution in [0.2, 0.25) is 0 Å². The molecule has 0 aromatic heterocycles. The van der Waals surface area contributed by atoms with Gasteiger partial charge in [-0.15, -0.1) is 0 Å². The number of benzene rings is 1. The van der Waals surface area contributed by atoms with E-state index in [1.807, 2.05) is 6.07 Å². The average Bonchev–Trinajstić information content (AvgIpc) is 2.84. The minimum Gasteiger partial charge on any atom is -0.392 e. The lowest BCUT2D eigenvalue weighted by atomic mass is 9.91. The molecule has 0 unspecified atom stereocenters. The zero-order chi connectivity index (χ0) is 12.3. The number of rotatable bonds is 5. The minimum absolute atomic E-state index is 0.0206. The second-order valence-electron chi connectivity index (χ2n) is 4.54. The molecular formula is C14H20O3. The highest BCUT2D eigenvalue weighted by Crippen LogP contribution is 2.31. The maximum absolute atomic E-state index is 9.45. The number of aliphatic hydroxyl groups excluding tert-OH is 2. The summed E-state index contributed by atoms with van der Waals surface area (Å²) in [5.74, 6) is 0. The molecule has 0 aliphatic carbocycles. The maximum Gasteiger partial charge on any atom is 0.0728 e. The van der Waals surface area contributed by atoms with Gasteiger partial charge in [0.25, 0.3) is 0 Å². The molecule has 0 saturated heterocycles. The fraction of sp³-hybridized carbons (Fsp3) is 0.571. The van der Waals surface area contributed by atoms with Crippen LogP contribution in [0, 0.1) is 0 Å². The van der Waals surface area contributed by atoms with Crippen LogP contribution in [0.4, 0.5) is 0 Å². The van der Waals surface area contributed by atoms with E-state index in [0.717, 1.165) is 36.0 Å². The molecule has 1 aromatic carbocycles. The first-order chi connectivity index (χ1) is 8.31. The Morgan fingerprint density at radius 3 is 2.47 bits per heavy atom. The molecule has 0 atom stereocenters. The molecule has 0 radical (unpaired) electrons. The Kier molecular flexibility index (Phi) is 4.15. The molecule has 2 N–H and O–H groups in total. The van der Waals surface area contributed by atoms with E-state index in [1.165, 1.54) is 11.1 Å². The zero-order valence-corrected chi connectivity index (χ0v) is 10.3. The molecule has 0 fully saturated rings. The van der Waals surface area contributed by atoms with Crippen LogP contribution >= 0.6 is 0 Å². The molecule has 1 aliphatic rings. The summed E-state index contributed by atoms with van der Waals surface area (Å²) in [5.41, 5.74) is 5.43. The molecule has 1 heterocycles. The topological polar surface area (TPSA) is 49.7 Å². The van der Waals surface area contributed by atoms with Gasteiger partial charge in [-0.1, -0.05) is 19.4 Å². The largest absolute Gasteiger partial charge is 0.392 e. The SMILES string of the molecule is CCCCc1c(CO)cc(CO)c2c1COC2. The molecule has 0 spiro atoms. The summed E-state index contributed by atoms with van der Waals surface area (Å²) >= 11 is 0. The zero-order valence-electron chi connectivity index (χ0n) is 10.3. The number of hydrogen-bond donors (Lipinski definition) is 2. The van der Waals surface area contributed by atoms with Crippen LogP contribution in [0.5, 0.6) is 0 Å². The highest BCUT2D eigenvalue weighted by Gasteiger charge is 2.21. The van der Waals surface area contributed by atoms with Gasteiger partial charge in [-0.3, -0.25) is 0 Å². The van der Waals surface area contributed by atoms with Crippen molar-refractivity contribution in [3.05, 3.63) is 33.9 Å². The second-order valence-corrected chi connectivity index (χ2v) is 4.54. The first-order valence-electron chi connectivity index (χ1n) is 6.26. The summed E-state index contributed by atoms with van der Waals surface area (Å²) < 4.78 is 5.48. The van der Waals surface area contributed by atoms with Gasteiger partial charge in [-0.25, -0.2) is 0 Å². The van der Waals surface area contributed by atoms with Crippen LogP contribution < -0.4 is 0 Å². The van der Waals surface area contributed by atoms with Crippen molar-refractivity contribution in [3.8, 4) is 0 Å². The van der Waals surface area contributed by atoms with Crippen molar-refractivity contribution in [2.75, 3.05) is 0 Å². The van der Waals surface area contributed by atoms with E-state index in [9.17, 15) is 10.2 Å². The summed E-state index contributed by atoms with van der Waals surface area (Å²) in [5, 5.41) is 18.8. The summed E-state index contributed by atoms with van der Waals surface area (Å²) in [7, 11) is 0. The molecule has 0 saturated carbocycles. The van der Waals surface area contributed by atoms with E-state index >= 15 is 0 Å². The third kappa shape index (κ3) is 2.37. The van der Waals surface area contributed by atoms with Crippen molar-refractivity contribution in [1.29, 1.82) is 0 Å². The van der Waals surface area contributed by atoms with Gasteiger partial charge in [0.05, 0.1) is 26.4 Å². The van der Waals surface area contributed by atoms with Gasteiger partial charge >= 0.3 is 0 Å². The summed E-state index contributed by atoms with van der Waals surface area (Å²) in [6.07, 6.45) is 3.25. The molecular weight excluding hydrogens is 216 g/mol. The van der Waals surface area contributed by atoms with Gasteiger partial charge in [-0.05, 0) is 40.7 Å². The first-order valence-corrected chi connectivity index (χ1v) is 6.26. The van der Waals surface area contributed by atoms with E-state index in [2.05, 4.69) is 6.92 Å². The molecule has 1 aliphatic heterocycles. The highest BCUT2D eigenvalue weighted by atomic mass is 16.5. The van der Waals surface area contributed by atoms with Crippen LogP contribution in [0.25, 0.3) is 0 Å². The third-order valence-corrected chi connectivity index (χ3v) is 3.47. The third-order valence-electron chi connectivity index (χ3n) is 3.47. The fourth-order valence-corrected chi connectivity index (χ4v) is 2.51. The molecule has 94 valence electrons. The van der Waals surface area contributed by atoms with Crippen molar-refractivity contribution < 1.29 is 14.9 Å². The molecule has 0 amide bonds. The van der Waals surface area contributed by atoms with Gasteiger partial charge in [0.2, 0.25) is 0 Å². The van der Waals surface area contributed by atoms with Gasteiger partial charge in [0.15, 0.2) is 0 Å². The van der Waals surface area contributed by atoms with E-state index in [4.69, 9.17) is 4.74 Å². The van der Waals surface area contributed by atoms with Gasteiger partial charge in [0.1, 0.15) is 0 Å². The molecule has 1 aromatic rings. The quantitative estimate of drug-likeness (QED) is 0.822. The van der Waals surface area contributed by atoms with Crippen LogP contribution in [0.3, 0.4) is 0 Å². The Hall–Kier alpha value is -0.900. The van der Waals surface area contributed by atoms with Crippen molar-refractivity contribution in [2.45, 2.75) is 52.6 Å². The first kappa shape index (κ1) is 12.6. The molecule has 2 rings (SSSR count). The predicted molar refractivity (Wildman–Crippen MR) is 65.4 cm³/mol. The minimum atomic E-state index is 0.0206. The van der Waals surface area contributed by atoms with Crippen LogP contribution in [-0.2, 0) is 37.6 Å². The Labute approximate surface area is 102 Å². The van der Waals surface area contributed by atoms with E-state index in [0.29, 0.717) is 13.2 Å². The maximum atomic E-state index is 9.45. The lowest BCUT2D eigenvalue weighted by Gasteiger charge is -2.15. The Morgan fingerprint density at radius 2 is 1.82 bits per heavy atom. The second kappa shape index (κ2) is 5.63. The number of aliphatic hydroxyl groups is 2. The van der Waals surface area contributed by atoms with Crippen molar-refractivity contribution in [2.24, 2.45) is 0 Å². The Balaban J connectivity index is 2.45. The molecule has 17 heavy (non-hydrogen) atoms. The number of fused-ring (bicyclic) bond motifs is 1. The number of hydrogen-bond acceptors (Lipinski definition) is 3. The van der Waals surface area contributed by atoms with E-state index < -0.39 is 0 Å². The summed E-state index contributed by atoms with van der Waals surface area (Å²) in [6.45, 7) is 3.44. The summed E-state index contributed by atoms with van der Waals surface area (Å²) in [4.78, 5) is 0. The Morgan fingerprint density at radius 1 is 1.12 bits per heavy atom. The van der Waals surface area contributed by atoms with Crippen LogP contribution in [0.1, 0.15) is 47.6 Å². The van der Waals surface area contributed by atoms with Crippen molar-refractivity contribution in [3.63, 3.8) is 0 Å². The van der Waals surface area contributed by atoms with E-state index in [-0.39, 0.29) is 13.2 Å². The van der Waals surface area contributed by atoms with Crippen molar-refractivity contribution >= 4 is 0 Å². The number of ether oxygens (including phenoxy) is 1. The number of unbranched alkanes of at least 4 members (excludes halogenated alkanes) is 1. The normalized spacial score (nSPS) is 14.1. The van der Waals surface area contributed by atoms with Gasteiger partial charge < -0.3 is 14.9 Å². The highest BCUT2D eigenvalue weighted by molar-refractivity contribution is 5.47. The standard InChI is InChI=1S/C14H20O3/c1-2-3-4-12-10(6-15)5-11(7-16)13-8-17-9-14(12)13/h5,15-16H,2-4,6-9H2,1H3.